The molecule has 7 nitrogen and oxygen atoms in total. The Kier molecular flexibility index (Phi) is 3.46. The first kappa shape index (κ1) is 13.7. The maximum absolute atomic E-state index is 12.4. The minimum Gasteiger partial charge on any atom is -0.496 e. The van der Waals surface area contributed by atoms with E-state index in [0.29, 0.717) is 16.8 Å². The van der Waals surface area contributed by atoms with Crippen molar-refractivity contribution in [3.63, 3.8) is 0 Å². The molecule has 8 heteroatoms. The van der Waals surface area contributed by atoms with Crippen LogP contribution in [0.1, 0.15) is 5.56 Å². The number of aromatic nitrogens is 5. The van der Waals surface area contributed by atoms with Crippen molar-refractivity contribution in [2.45, 2.75) is 6.54 Å². The van der Waals surface area contributed by atoms with Crippen LogP contribution in [-0.2, 0) is 13.6 Å². The van der Waals surface area contributed by atoms with E-state index < -0.39 is 0 Å². The molecular weight excluding hydrogens is 338 g/mol. The molecule has 3 aromatic rings. The van der Waals surface area contributed by atoms with Gasteiger partial charge in [-0.2, -0.15) is 5.10 Å². The monoisotopic (exact) mass is 349 g/mol. The molecule has 0 spiro atoms. The van der Waals surface area contributed by atoms with Crippen LogP contribution in [0.15, 0.2) is 33.7 Å². The smallest absolute Gasteiger partial charge is 0.281 e. The van der Waals surface area contributed by atoms with Crippen LogP contribution in [0.2, 0.25) is 0 Å². The number of ether oxygens (including phenoxy) is 1. The van der Waals surface area contributed by atoms with E-state index in [9.17, 15) is 4.79 Å². The molecule has 0 saturated carbocycles. The molecule has 2 heterocycles. The molecule has 0 fully saturated rings. The lowest BCUT2D eigenvalue weighted by Gasteiger charge is -2.09. The van der Waals surface area contributed by atoms with E-state index >= 15 is 0 Å². The Labute approximate surface area is 128 Å². The lowest BCUT2D eigenvalue weighted by molar-refractivity contribution is 0.406. The van der Waals surface area contributed by atoms with E-state index in [1.165, 1.54) is 15.6 Å². The SMILES string of the molecule is COc1ccc(Br)cc1Cn1nnc2c(cnn2C)c1=O. The highest BCUT2D eigenvalue weighted by Crippen LogP contribution is 2.23. The molecule has 0 aliphatic rings. The molecule has 21 heavy (non-hydrogen) atoms. The summed E-state index contributed by atoms with van der Waals surface area (Å²) in [5.74, 6) is 0.693. The van der Waals surface area contributed by atoms with E-state index in [1.54, 1.807) is 14.2 Å². The van der Waals surface area contributed by atoms with Crippen LogP contribution in [0, 0.1) is 0 Å². The Hall–Kier alpha value is -2.22. The lowest BCUT2D eigenvalue weighted by atomic mass is 10.2. The number of halogens is 1. The normalized spacial score (nSPS) is 11.0. The van der Waals surface area contributed by atoms with Gasteiger partial charge in [0.1, 0.15) is 11.1 Å². The van der Waals surface area contributed by atoms with Crippen molar-refractivity contribution in [3.8, 4) is 5.75 Å². The zero-order valence-electron chi connectivity index (χ0n) is 11.4. The van der Waals surface area contributed by atoms with Crippen molar-refractivity contribution in [1.29, 1.82) is 0 Å². The standard InChI is InChI=1S/C13H12BrN5O2/c1-18-12-10(6-15-18)13(20)19(17-16-12)7-8-5-9(14)3-4-11(8)21-2/h3-6H,7H2,1-2H3. The van der Waals surface area contributed by atoms with E-state index in [2.05, 4.69) is 31.3 Å². The average molecular weight is 350 g/mol. The third kappa shape index (κ3) is 2.42. The number of aryl methyl sites for hydroxylation is 1. The first-order valence-electron chi connectivity index (χ1n) is 6.18. The van der Waals surface area contributed by atoms with Gasteiger partial charge in [0.05, 0.1) is 19.9 Å². The Bertz CT molecular complexity index is 871. The van der Waals surface area contributed by atoms with Crippen molar-refractivity contribution < 1.29 is 4.74 Å². The molecule has 0 aliphatic heterocycles. The molecule has 0 radical (unpaired) electrons. The van der Waals surface area contributed by atoms with Gasteiger partial charge in [0.2, 0.25) is 0 Å². The second-order valence-corrected chi connectivity index (χ2v) is 5.43. The molecule has 0 bridgehead atoms. The fraction of sp³-hybridized carbons (Fsp3) is 0.231. The maximum Gasteiger partial charge on any atom is 0.281 e. The van der Waals surface area contributed by atoms with Crippen LogP contribution < -0.4 is 10.3 Å². The first-order valence-corrected chi connectivity index (χ1v) is 6.97. The highest BCUT2D eigenvalue weighted by molar-refractivity contribution is 9.10. The zero-order valence-corrected chi connectivity index (χ0v) is 13.0. The summed E-state index contributed by atoms with van der Waals surface area (Å²) in [5.41, 5.74) is 1.08. The average Bonchev–Trinajstić information content (AvgIpc) is 2.84. The summed E-state index contributed by atoms with van der Waals surface area (Å²) < 4.78 is 9.03. The summed E-state index contributed by atoms with van der Waals surface area (Å²) in [5, 5.41) is 12.5. The molecule has 108 valence electrons. The Morgan fingerprint density at radius 3 is 2.95 bits per heavy atom. The van der Waals surface area contributed by atoms with Crippen LogP contribution in [0.5, 0.6) is 5.75 Å². The molecule has 1 aromatic carbocycles. The van der Waals surface area contributed by atoms with E-state index in [0.717, 1.165) is 10.0 Å². The zero-order chi connectivity index (χ0) is 15.0. The van der Waals surface area contributed by atoms with Gasteiger partial charge in [-0.25, -0.2) is 9.36 Å². The number of methoxy groups -OCH3 is 1. The van der Waals surface area contributed by atoms with Gasteiger partial charge < -0.3 is 4.74 Å². The van der Waals surface area contributed by atoms with Crippen molar-refractivity contribution >= 4 is 27.0 Å². The quantitative estimate of drug-likeness (QED) is 0.713. The molecule has 0 aliphatic carbocycles. The molecule has 0 N–H and O–H groups in total. The minimum absolute atomic E-state index is 0.227. The van der Waals surface area contributed by atoms with Crippen LogP contribution in [-0.4, -0.2) is 31.9 Å². The molecule has 3 rings (SSSR count). The van der Waals surface area contributed by atoms with E-state index in [1.807, 2.05) is 18.2 Å². The van der Waals surface area contributed by atoms with Crippen molar-refractivity contribution in [1.82, 2.24) is 24.8 Å². The van der Waals surface area contributed by atoms with E-state index in [-0.39, 0.29) is 12.1 Å². The fourth-order valence-electron chi connectivity index (χ4n) is 2.11. The summed E-state index contributed by atoms with van der Waals surface area (Å²) in [6.07, 6.45) is 1.50. The second kappa shape index (κ2) is 5.28. The van der Waals surface area contributed by atoms with Gasteiger partial charge in [-0.05, 0) is 18.2 Å². The Morgan fingerprint density at radius 1 is 1.38 bits per heavy atom. The summed E-state index contributed by atoms with van der Waals surface area (Å²) >= 11 is 3.41. The molecule has 0 amide bonds. The predicted molar refractivity (Wildman–Crippen MR) is 80.4 cm³/mol. The Balaban J connectivity index is 2.08. The van der Waals surface area contributed by atoms with Gasteiger partial charge in [-0.1, -0.05) is 21.1 Å². The molecular formula is C13H12BrN5O2. The number of nitrogens with zero attached hydrogens (tertiary/aromatic N) is 5. The second-order valence-electron chi connectivity index (χ2n) is 4.51. The van der Waals surface area contributed by atoms with Gasteiger partial charge >= 0.3 is 0 Å². The summed E-state index contributed by atoms with van der Waals surface area (Å²) in [4.78, 5) is 12.4. The maximum atomic E-state index is 12.4. The van der Waals surface area contributed by atoms with Crippen LogP contribution >= 0.6 is 15.9 Å². The Morgan fingerprint density at radius 2 is 2.19 bits per heavy atom. The van der Waals surface area contributed by atoms with Crippen LogP contribution in [0.4, 0.5) is 0 Å². The third-order valence-corrected chi connectivity index (χ3v) is 3.68. The van der Waals surface area contributed by atoms with Gasteiger partial charge in [0.15, 0.2) is 5.65 Å². The number of hydrogen-bond acceptors (Lipinski definition) is 5. The van der Waals surface area contributed by atoms with Crippen LogP contribution in [0.25, 0.3) is 11.0 Å². The van der Waals surface area contributed by atoms with Crippen molar-refractivity contribution in [3.05, 3.63) is 44.8 Å². The van der Waals surface area contributed by atoms with Gasteiger partial charge in [0.25, 0.3) is 5.56 Å². The highest BCUT2D eigenvalue weighted by atomic mass is 79.9. The number of benzene rings is 1. The topological polar surface area (TPSA) is 74.8 Å². The van der Waals surface area contributed by atoms with Gasteiger partial charge in [0, 0.05) is 17.1 Å². The minimum atomic E-state index is -0.227. The lowest BCUT2D eigenvalue weighted by Crippen LogP contribution is -2.25. The predicted octanol–water partition coefficient (Wildman–Crippen LogP) is 1.34. The number of rotatable bonds is 3. The molecule has 2 aromatic heterocycles. The third-order valence-electron chi connectivity index (χ3n) is 3.18. The number of fused-ring (bicyclic) bond motifs is 1. The molecule has 0 atom stereocenters. The molecule has 0 unspecified atom stereocenters. The summed E-state index contributed by atoms with van der Waals surface area (Å²) in [7, 11) is 3.31. The van der Waals surface area contributed by atoms with E-state index in [4.69, 9.17) is 4.74 Å². The number of hydrogen-bond donors (Lipinski definition) is 0. The first-order chi connectivity index (χ1) is 10.1. The fourth-order valence-corrected chi connectivity index (χ4v) is 2.52. The highest BCUT2D eigenvalue weighted by Gasteiger charge is 2.12. The van der Waals surface area contributed by atoms with Crippen LogP contribution in [0.3, 0.4) is 0 Å². The summed E-state index contributed by atoms with van der Waals surface area (Å²) in [6, 6.07) is 5.60. The van der Waals surface area contributed by atoms with Crippen molar-refractivity contribution in [2.75, 3.05) is 7.11 Å². The summed E-state index contributed by atoms with van der Waals surface area (Å²) in [6.45, 7) is 0.277. The largest absolute Gasteiger partial charge is 0.496 e. The van der Waals surface area contributed by atoms with Crippen molar-refractivity contribution in [2.24, 2.45) is 7.05 Å². The van der Waals surface area contributed by atoms with Gasteiger partial charge in [-0.15, -0.1) is 5.10 Å². The van der Waals surface area contributed by atoms with Gasteiger partial charge in [-0.3, -0.25) is 4.79 Å². The molecule has 0 saturated heterocycles.